The minimum atomic E-state index is 0.295. The fourth-order valence-electron chi connectivity index (χ4n) is 2.84. The highest BCUT2D eigenvalue weighted by molar-refractivity contribution is 9.10. The van der Waals surface area contributed by atoms with Gasteiger partial charge in [-0.1, -0.05) is 23.8 Å². The van der Waals surface area contributed by atoms with Crippen molar-refractivity contribution in [1.29, 1.82) is 0 Å². The van der Waals surface area contributed by atoms with Crippen LogP contribution in [0.15, 0.2) is 40.9 Å². The van der Waals surface area contributed by atoms with Crippen molar-refractivity contribution in [2.75, 3.05) is 11.4 Å². The number of rotatable bonds is 2. The molecule has 2 aromatic carbocycles. The summed E-state index contributed by atoms with van der Waals surface area (Å²) in [5.74, 6) is 0.295. The maximum absolute atomic E-state index is 9.58. The Bertz CT molecular complexity index is 639. The third kappa shape index (κ3) is 2.68. The normalized spacial score (nSPS) is 14.2. The van der Waals surface area contributed by atoms with Crippen LogP contribution in [0.4, 0.5) is 5.69 Å². The topological polar surface area (TPSA) is 23.5 Å². The molecule has 1 N–H and O–H groups in total. The van der Waals surface area contributed by atoms with Gasteiger partial charge >= 0.3 is 0 Å². The van der Waals surface area contributed by atoms with Crippen LogP contribution in [0.2, 0.25) is 0 Å². The molecule has 2 nitrogen and oxygen atoms in total. The zero-order valence-electron chi connectivity index (χ0n) is 11.6. The van der Waals surface area contributed by atoms with Crippen molar-refractivity contribution >= 4 is 21.6 Å². The van der Waals surface area contributed by atoms with Gasteiger partial charge in [0, 0.05) is 18.8 Å². The quantitative estimate of drug-likeness (QED) is 0.880. The summed E-state index contributed by atoms with van der Waals surface area (Å²) < 4.78 is 0.760. The van der Waals surface area contributed by atoms with Gasteiger partial charge in [-0.05, 0) is 65.0 Å². The molecule has 0 saturated carbocycles. The molecule has 0 unspecified atom stereocenters. The van der Waals surface area contributed by atoms with E-state index in [4.69, 9.17) is 0 Å². The Labute approximate surface area is 128 Å². The highest BCUT2D eigenvalue weighted by Gasteiger charge is 2.17. The fraction of sp³-hybridized carbons (Fsp3) is 0.294. The molecule has 1 aliphatic heterocycles. The third-order valence-corrected chi connectivity index (χ3v) is 4.47. The molecule has 3 heteroatoms. The summed E-state index contributed by atoms with van der Waals surface area (Å²) in [4.78, 5) is 2.43. The van der Waals surface area contributed by atoms with Crippen LogP contribution in [0.25, 0.3) is 0 Å². The Kier molecular flexibility index (Phi) is 3.70. The first-order chi connectivity index (χ1) is 9.63. The Morgan fingerprint density at radius 3 is 2.85 bits per heavy atom. The molecule has 0 spiro atoms. The van der Waals surface area contributed by atoms with Crippen molar-refractivity contribution in [3.63, 3.8) is 0 Å². The van der Waals surface area contributed by atoms with Crippen LogP contribution < -0.4 is 4.90 Å². The van der Waals surface area contributed by atoms with Crippen molar-refractivity contribution in [2.24, 2.45) is 0 Å². The van der Waals surface area contributed by atoms with Crippen LogP contribution in [0.5, 0.6) is 5.75 Å². The number of aryl methyl sites for hydroxylation is 2. The van der Waals surface area contributed by atoms with Gasteiger partial charge in [-0.3, -0.25) is 0 Å². The number of nitrogens with zero attached hydrogens (tertiary/aromatic N) is 1. The molecule has 0 fully saturated rings. The van der Waals surface area contributed by atoms with E-state index in [0.717, 1.165) is 17.6 Å². The second-order valence-corrected chi connectivity index (χ2v) is 6.30. The lowest BCUT2D eigenvalue weighted by molar-refractivity contribution is 0.471. The maximum atomic E-state index is 9.58. The van der Waals surface area contributed by atoms with E-state index in [0.29, 0.717) is 5.75 Å². The first-order valence-electron chi connectivity index (χ1n) is 6.95. The van der Waals surface area contributed by atoms with Gasteiger partial charge in [0.15, 0.2) is 0 Å². The lowest BCUT2D eigenvalue weighted by Crippen LogP contribution is -2.28. The first-order valence-corrected chi connectivity index (χ1v) is 7.74. The number of anilines is 1. The molecule has 0 aromatic heterocycles. The summed E-state index contributed by atoms with van der Waals surface area (Å²) >= 11 is 3.38. The van der Waals surface area contributed by atoms with E-state index in [1.807, 2.05) is 12.1 Å². The molecule has 0 radical (unpaired) electrons. The van der Waals surface area contributed by atoms with E-state index in [1.54, 1.807) is 6.07 Å². The van der Waals surface area contributed by atoms with E-state index >= 15 is 0 Å². The zero-order chi connectivity index (χ0) is 14.1. The van der Waals surface area contributed by atoms with Crippen LogP contribution in [0.1, 0.15) is 23.1 Å². The average Bonchev–Trinajstić information content (AvgIpc) is 2.43. The summed E-state index contributed by atoms with van der Waals surface area (Å²) in [6.07, 6.45) is 2.38. The largest absolute Gasteiger partial charge is 0.507 e. The predicted molar refractivity (Wildman–Crippen MR) is 86.4 cm³/mol. The van der Waals surface area contributed by atoms with Gasteiger partial charge < -0.3 is 10.0 Å². The standard InChI is InChI=1S/C17H18BrNO/c1-12-4-6-16-14(9-12)3-2-8-19(16)11-13-5-7-17(20)15(18)10-13/h4-7,9-10,20H,2-3,8,11H2,1H3. The molecule has 0 atom stereocenters. The van der Waals surface area contributed by atoms with Crippen LogP contribution in [0, 0.1) is 6.92 Å². The number of hydrogen-bond donors (Lipinski definition) is 1. The predicted octanol–water partition coefficient (Wildman–Crippen LogP) is 4.42. The molecule has 20 heavy (non-hydrogen) atoms. The Morgan fingerprint density at radius 1 is 1.20 bits per heavy atom. The van der Waals surface area contributed by atoms with E-state index < -0.39 is 0 Å². The second-order valence-electron chi connectivity index (χ2n) is 5.44. The maximum Gasteiger partial charge on any atom is 0.129 e. The van der Waals surface area contributed by atoms with Crippen LogP contribution in [-0.2, 0) is 13.0 Å². The Balaban J connectivity index is 1.87. The summed E-state index contributed by atoms with van der Waals surface area (Å²) in [6.45, 7) is 4.12. The minimum absolute atomic E-state index is 0.295. The molecule has 0 aliphatic carbocycles. The van der Waals surface area contributed by atoms with E-state index in [2.05, 4.69) is 46.0 Å². The van der Waals surface area contributed by atoms with Gasteiger partial charge in [0.1, 0.15) is 5.75 Å². The smallest absolute Gasteiger partial charge is 0.129 e. The summed E-state index contributed by atoms with van der Waals surface area (Å²) in [5.41, 5.74) is 5.35. The van der Waals surface area contributed by atoms with E-state index in [-0.39, 0.29) is 0 Å². The van der Waals surface area contributed by atoms with Crippen LogP contribution in [0.3, 0.4) is 0 Å². The minimum Gasteiger partial charge on any atom is -0.507 e. The molecule has 0 bridgehead atoms. The van der Waals surface area contributed by atoms with Crippen molar-refractivity contribution in [1.82, 2.24) is 0 Å². The summed E-state index contributed by atoms with van der Waals surface area (Å²) in [5, 5.41) is 9.58. The number of aromatic hydroxyl groups is 1. The highest BCUT2D eigenvalue weighted by atomic mass is 79.9. The van der Waals surface area contributed by atoms with Crippen LogP contribution in [-0.4, -0.2) is 11.7 Å². The zero-order valence-corrected chi connectivity index (χ0v) is 13.2. The number of hydrogen-bond acceptors (Lipinski definition) is 2. The van der Waals surface area contributed by atoms with E-state index in [1.165, 1.54) is 35.2 Å². The van der Waals surface area contributed by atoms with Gasteiger partial charge in [0.25, 0.3) is 0 Å². The summed E-state index contributed by atoms with van der Waals surface area (Å²) in [6, 6.07) is 12.5. The summed E-state index contributed by atoms with van der Waals surface area (Å²) in [7, 11) is 0. The lowest BCUT2D eigenvalue weighted by atomic mass is 9.99. The number of phenolic OH excluding ortho intramolecular Hbond substituents is 1. The van der Waals surface area contributed by atoms with Gasteiger partial charge in [0.05, 0.1) is 4.47 Å². The van der Waals surface area contributed by atoms with Gasteiger partial charge in [-0.25, -0.2) is 0 Å². The molecule has 2 aromatic rings. The van der Waals surface area contributed by atoms with Crippen molar-refractivity contribution in [2.45, 2.75) is 26.3 Å². The molecule has 104 valence electrons. The van der Waals surface area contributed by atoms with Crippen LogP contribution >= 0.6 is 15.9 Å². The lowest BCUT2D eigenvalue weighted by Gasteiger charge is -2.31. The molecule has 3 rings (SSSR count). The highest BCUT2D eigenvalue weighted by Crippen LogP contribution is 2.30. The monoisotopic (exact) mass is 331 g/mol. The number of fused-ring (bicyclic) bond motifs is 1. The number of benzene rings is 2. The molecule has 0 saturated heterocycles. The SMILES string of the molecule is Cc1ccc2c(c1)CCCN2Cc1ccc(O)c(Br)c1. The number of phenols is 1. The van der Waals surface area contributed by atoms with Gasteiger partial charge in [0.2, 0.25) is 0 Å². The third-order valence-electron chi connectivity index (χ3n) is 3.84. The molecule has 1 aliphatic rings. The molecule has 0 amide bonds. The average molecular weight is 332 g/mol. The molecule has 1 heterocycles. The van der Waals surface area contributed by atoms with E-state index in [9.17, 15) is 5.11 Å². The van der Waals surface area contributed by atoms with Crippen molar-refractivity contribution in [3.05, 3.63) is 57.6 Å². The molecular formula is C17H18BrNO. The fourth-order valence-corrected chi connectivity index (χ4v) is 3.26. The first kappa shape index (κ1) is 13.5. The Hall–Kier alpha value is -1.48. The number of halogens is 1. The Morgan fingerprint density at radius 2 is 2.05 bits per heavy atom. The molecular weight excluding hydrogens is 314 g/mol. The van der Waals surface area contributed by atoms with Crippen molar-refractivity contribution < 1.29 is 5.11 Å². The van der Waals surface area contributed by atoms with Gasteiger partial charge in [-0.2, -0.15) is 0 Å². The van der Waals surface area contributed by atoms with Crippen molar-refractivity contribution in [3.8, 4) is 5.75 Å². The second kappa shape index (κ2) is 5.49. The van der Waals surface area contributed by atoms with Gasteiger partial charge in [-0.15, -0.1) is 0 Å².